The minimum Gasteiger partial charge on any atom is -0.480 e. The van der Waals surface area contributed by atoms with E-state index in [9.17, 15) is 58.8 Å². The van der Waals surface area contributed by atoms with Crippen LogP contribution in [-0.4, -0.2) is 171 Å². The second-order valence-electron chi connectivity index (χ2n) is 15.7. The number of nitrogens with zero attached hydrogens (tertiary/aromatic N) is 2. The number of carbonyl (C=O) groups is 8. The number of guanidine groups is 1. The zero-order valence-electron chi connectivity index (χ0n) is 36.4. The summed E-state index contributed by atoms with van der Waals surface area (Å²) >= 11 is 1.31. The van der Waals surface area contributed by atoms with E-state index in [4.69, 9.17) is 17.2 Å². The van der Waals surface area contributed by atoms with E-state index in [1.54, 1.807) is 34.0 Å². The molecule has 0 bridgehead atoms. The first kappa shape index (κ1) is 55.2. The Morgan fingerprint density at radius 1 is 0.774 bits per heavy atom. The first-order valence-corrected chi connectivity index (χ1v) is 22.1. The average Bonchev–Trinajstić information content (AvgIpc) is 3.71. The lowest BCUT2D eigenvalue weighted by atomic mass is 9.97. The van der Waals surface area contributed by atoms with Crippen molar-refractivity contribution in [1.82, 2.24) is 36.8 Å². The number of likely N-dealkylation sites (tertiary alicyclic amines) is 1. The summed E-state index contributed by atoms with van der Waals surface area (Å²) in [6, 6.07) is -10.8. The summed E-state index contributed by atoms with van der Waals surface area (Å²) in [6.45, 7) is 6.74. The van der Waals surface area contributed by atoms with Gasteiger partial charge in [0.05, 0.1) is 25.4 Å². The van der Waals surface area contributed by atoms with E-state index in [1.807, 2.05) is 0 Å². The number of amides is 7. The number of carboxylic acids is 1. The van der Waals surface area contributed by atoms with Crippen LogP contribution in [0.3, 0.4) is 0 Å². The number of nitrogens with one attached hydrogen (secondary N) is 6. The van der Waals surface area contributed by atoms with Crippen molar-refractivity contribution in [2.24, 2.45) is 34.0 Å². The predicted molar refractivity (Wildman–Crippen MR) is 230 cm³/mol. The van der Waals surface area contributed by atoms with E-state index in [-0.39, 0.29) is 44.2 Å². The highest BCUT2D eigenvalue weighted by atomic mass is 32.2. The molecule has 62 heavy (non-hydrogen) atoms. The number of aliphatic imine (C=N–C) groups is 1. The number of carboxylic acid groups (broad SMARTS) is 1. The molecule has 1 saturated heterocycles. The van der Waals surface area contributed by atoms with Gasteiger partial charge in [-0.3, -0.25) is 38.6 Å². The van der Waals surface area contributed by atoms with Crippen molar-refractivity contribution in [2.45, 2.75) is 134 Å². The number of carbonyl (C=O) groups excluding carboxylic acids is 7. The van der Waals surface area contributed by atoms with Crippen LogP contribution in [0, 0.1) is 11.8 Å². The molecule has 0 aromatic heterocycles. The Hall–Kier alpha value is -4.78. The molecule has 1 heterocycles. The van der Waals surface area contributed by atoms with Gasteiger partial charge in [-0.05, 0) is 69.3 Å². The van der Waals surface area contributed by atoms with Crippen LogP contribution in [0.1, 0.15) is 79.6 Å². The summed E-state index contributed by atoms with van der Waals surface area (Å²) in [6.07, 6.45) is 2.17. The maximum atomic E-state index is 13.7. The molecule has 0 aliphatic carbocycles. The smallest absolute Gasteiger partial charge is 0.326 e. The number of hydrogen-bond donors (Lipinski definition) is 13. The second-order valence-corrected chi connectivity index (χ2v) is 16.7. The third-order valence-electron chi connectivity index (χ3n) is 10.2. The van der Waals surface area contributed by atoms with E-state index in [1.165, 1.54) is 23.6 Å². The van der Waals surface area contributed by atoms with Crippen LogP contribution in [-0.2, 0) is 38.4 Å². The van der Waals surface area contributed by atoms with Gasteiger partial charge in [-0.1, -0.05) is 34.1 Å². The third-order valence-corrected chi connectivity index (χ3v) is 10.8. The average molecular weight is 904 g/mol. The summed E-state index contributed by atoms with van der Waals surface area (Å²) in [5.41, 5.74) is 16.8. The van der Waals surface area contributed by atoms with Crippen molar-refractivity contribution in [1.29, 1.82) is 0 Å². The van der Waals surface area contributed by atoms with Gasteiger partial charge in [0.25, 0.3) is 0 Å². The number of aliphatic hydroxyl groups excluding tert-OH is 3. The SMILES string of the molecule is CC[C@H](C)[C@H](NC(=O)[C@@H]1CCCN1C(=O)[C@@H](N)CCCN=C(N)N)C(=O)N[C@@H](CO)C(=O)N[C@@H](CCSC)C(=O)N[C@@H](CO)C(=O)N[C@H](C(=O)N[C@@H](CC(C)C)C(=O)O)[C@@H](C)O. The maximum Gasteiger partial charge on any atom is 0.326 e. The molecule has 1 fully saturated rings. The molecule has 0 spiro atoms. The summed E-state index contributed by atoms with van der Waals surface area (Å²) in [7, 11) is 0. The Kier molecular flexibility index (Phi) is 25.0. The molecular weight excluding hydrogens is 835 g/mol. The largest absolute Gasteiger partial charge is 0.480 e. The normalized spacial score (nSPS) is 18.0. The fraction of sp³-hybridized carbons (Fsp3) is 0.763. The summed E-state index contributed by atoms with van der Waals surface area (Å²) < 4.78 is 0. The lowest BCUT2D eigenvalue weighted by Crippen LogP contribution is -2.62. The van der Waals surface area contributed by atoms with Gasteiger partial charge in [0.1, 0.15) is 42.3 Å². The second kappa shape index (κ2) is 28.0. The molecule has 0 aromatic carbocycles. The molecule has 1 aliphatic heterocycles. The summed E-state index contributed by atoms with van der Waals surface area (Å²) in [4.78, 5) is 111. The molecule has 354 valence electrons. The van der Waals surface area contributed by atoms with Crippen molar-refractivity contribution in [3.05, 3.63) is 0 Å². The zero-order valence-corrected chi connectivity index (χ0v) is 37.2. The highest BCUT2D eigenvalue weighted by molar-refractivity contribution is 7.98. The molecule has 0 unspecified atom stereocenters. The Bertz CT molecular complexity index is 1550. The molecule has 0 saturated carbocycles. The lowest BCUT2D eigenvalue weighted by molar-refractivity contribution is -0.143. The van der Waals surface area contributed by atoms with Crippen molar-refractivity contribution in [3.8, 4) is 0 Å². The van der Waals surface area contributed by atoms with Gasteiger partial charge in [-0.25, -0.2) is 4.79 Å². The van der Waals surface area contributed by atoms with Gasteiger partial charge in [0.2, 0.25) is 41.4 Å². The number of aliphatic carboxylic acids is 1. The number of aliphatic hydroxyl groups is 3. The van der Waals surface area contributed by atoms with Gasteiger partial charge in [0, 0.05) is 13.1 Å². The number of nitrogens with two attached hydrogens (primary N) is 3. The fourth-order valence-electron chi connectivity index (χ4n) is 6.42. The van der Waals surface area contributed by atoms with Crippen LogP contribution >= 0.6 is 11.8 Å². The molecular formula is C38H69N11O12S. The molecule has 16 N–H and O–H groups in total. The van der Waals surface area contributed by atoms with Crippen molar-refractivity contribution < 1.29 is 58.8 Å². The topological polar surface area (TPSA) is 383 Å². The molecule has 0 aromatic rings. The van der Waals surface area contributed by atoms with E-state index in [2.05, 4.69) is 36.9 Å². The van der Waals surface area contributed by atoms with Crippen LogP contribution in [0.15, 0.2) is 4.99 Å². The molecule has 1 rings (SSSR count). The monoisotopic (exact) mass is 903 g/mol. The maximum absolute atomic E-state index is 13.7. The molecule has 23 nitrogen and oxygen atoms in total. The Morgan fingerprint density at radius 3 is 1.82 bits per heavy atom. The molecule has 24 heteroatoms. The van der Waals surface area contributed by atoms with E-state index >= 15 is 0 Å². The molecule has 10 atom stereocenters. The number of hydrogen-bond acceptors (Lipinski definition) is 14. The standard InChI is InChI=1S/C38H69N11O12S/c1-7-20(4)28(47-33(56)27-11-9-14-49(27)36(59)22(39)10-8-13-42-38(40)41)34(57)46-25(17-50)31(54)43-23(12-15-62-6)30(53)45-26(18-51)32(55)48-29(21(5)52)35(58)44-24(37(60)61)16-19(2)3/h19-29,50-52H,7-18,39H2,1-6H3,(H,43,54)(H,44,58)(H,45,53)(H,46,57)(H,47,56)(H,48,55)(H,60,61)(H4,40,41,42)/t20-,21+,22-,23-,24-,25-,26-,27-,28-,29-/m0/s1. The van der Waals surface area contributed by atoms with E-state index in [0.717, 1.165) is 0 Å². The number of thioether (sulfide) groups is 1. The minimum atomic E-state index is -1.71. The van der Waals surface area contributed by atoms with Crippen LogP contribution < -0.4 is 49.1 Å². The Balaban J connectivity index is 3.10. The van der Waals surface area contributed by atoms with Crippen molar-refractivity contribution in [3.63, 3.8) is 0 Å². The summed E-state index contributed by atoms with van der Waals surface area (Å²) in [5, 5.41) is 54.4. The summed E-state index contributed by atoms with van der Waals surface area (Å²) in [5.74, 6) is -7.69. The van der Waals surface area contributed by atoms with Gasteiger partial charge in [0.15, 0.2) is 5.96 Å². The first-order valence-electron chi connectivity index (χ1n) is 20.7. The quantitative estimate of drug-likeness (QED) is 0.0200. The highest BCUT2D eigenvalue weighted by Crippen LogP contribution is 2.20. The van der Waals surface area contributed by atoms with Gasteiger partial charge in [-0.15, -0.1) is 0 Å². The van der Waals surface area contributed by atoms with Crippen LogP contribution in [0.2, 0.25) is 0 Å². The van der Waals surface area contributed by atoms with Crippen molar-refractivity contribution >= 4 is 65.0 Å². The van der Waals surface area contributed by atoms with Crippen LogP contribution in [0.4, 0.5) is 0 Å². The third kappa shape index (κ3) is 18.3. The van der Waals surface area contributed by atoms with Gasteiger partial charge in [-0.2, -0.15) is 11.8 Å². The van der Waals surface area contributed by atoms with Gasteiger partial charge >= 0.3 is 5.97 Å². The Morgan fingerprint density at radius 2 is 1.31 bits per heavy atom. The van der Waals surface area contributed by atoms with Gasteiger partial charge < -0.3 is 74.4 Å². The zero-order chi connectivity index (χ0) is 47.3. The number of rotatable bonds is 28. The van der Waals surface area contributed by atoms with E-state index < -0.39 is 121 Å². The predicted octanol–water partition coefficient (Wildman–Crippen LogP) is -4.44. The molecule has 7 amide bonds. The highest BCUT2D eigenvalue weighted by Gasteiger charge is 2.39. The fourth-order valence-corrected chi connectivity index (χ4v) is 6.89. The van der Waals surface area contributed by atoms with Crippen LogP contribution in [0.5, 0.6) is 0 Å². The molecule has 0 radical (unpaired) electrons. The molecule has 1 aliphatic rings. The minimum absolute atomic E-state index is 0.0161. The van der Waals surface area contributed by atoms with E-state index in [0.29, 0.717) is 31.4 Å². The lowest BCUT2D eigenvalue weighted by Gasteiger charge is -2.30. The first-order chi connectivity index (χ1) is 29.1. The van der Waals surface area contributed by atoms with Crippen LogP contribution in [0.25, 0.3) is 0 Å². The Labute approximate surface area is 366 Å². The van der Waals surface area contributed by atoms with Crippen molar-refractivity contribution in [2.75, 3.05) is 38.3 Å².